The fourth-order valence-electron chi connectivity index (χ4n) is 1.76. The van der Waals surface area contributed by atoms with E-state index in [1.165, 1.54) is 18.4 Å². The van der Waals surface area contributed by atoms with E-state index in [9.17, 15) is 0 Å². The zero-order chi connectivity index (χ0) is 14.1. The number of unbranched alkanes of at least 4 members (excludes halogenated alkanes) is 1. The van der Waals surface area contributed by atoms with Gasteiger partial charge in [0.1, 0.15) is 0 Å². The first-order chi connectivity index (χ1) is 9.13. The molecule has 0 spiro atoms. The molecular weight excluding hydrogens is 240 g/mol. The van der Waals surface area contributed by atoms with Crippen molar-refractivity contribution >= 4 is 5.84 Å². The largest absolute Gasteiger partial charge is 0.409 e. The minimum absolute atomic E-state index is 0.142. The van der Waals surface area contributed by atoms with Crippen molar-refractivity contribution in [2.75, 3.05) is 27.2 Å². The van der Waals surface area contributed by atoms with E-state index in [0.717, 1.165) is 25.2 Å². The minimum atomic E-state index is 0.142. The highest BCUT2D eigenvalue weighted by Crippen LogP contribution is 2.04. The number of hydrogen-bond donors (Lipinski definition) is 3. The molecule has 1 rings (SSSR count). The second-order valence-electron chi connectivity index (χ2n) is 4.87. The van der Waals surface area contributed by atoms with Gasteiger partial charge in [-0.15, -0.1) is 0 Å². The molecule has 1 aromatic carbocycles. The molecule has 0 aliphatic heterocycles. The van der Waals surface area contributed by atoms with Crippen molar-refractivity contribution in [3.8, 4) is 0 Å². The van der Waals surface area contributed by atoms with Crippen LogP contribution in [-0.2, 0) is 6.54 Å². The number of nitrogens with two attached hydrogens (primary N) is 1. The number of rotatable bonds is 8. The van der Waals surface area contributed by atoms with Gasteiger partial charge in [0.05, 0.1) is 0 Å². The van der Waals surface area contributed by atoms with Gasteiger partial charge < -0.3 is 21.2 Å². The summed E-state index contributed by atoms with van der Waals surface area (Å²) in [5, 5.41) is 14.9. The van der Waals surface area contributed by atoms with Crippen molar-refractivity contribution in [3.63, 3.8) is 0 Å². The van der Waals surface area contributed by atoms with Gasteiger partial charge in [-0.2, -0.15) is 0 Å². The van der Waals surface area contributed by atoms with Crippen LogP contribution < -0.4 is 11.1 Å². The number of nitrogens with zero attached hydrogens (tertiary/aromatic N) is 2. The van der Waals surface area contributed by atoms with E-state index in [2.05, 4.69) is 29.5 Å². The quantitative estimate of drug-likeness (QED) is 0.217. The van der Waals surface area contributed by atoms with E-state index in [1.54, 1.807) is 0 Å². The van der Waals surface area contributed by atoms with Crippen LogP contribution in [-0.4, -0.2) is 43.1 Å². The molecule has 0 aliphatic carbocycles. The molecule has 0 bridgehead atoms. The van der Waals surface area contributed by atoms with E-state index in [4.69, 9.17) is 10.9 Å². The Hall–Kier alpha value is -1.59. The highest BCUT2D eigenvalue weighted by atomic mass is 16.4. The minimum Gasteiger partial charge on any atom is -0.409 e. The first-order valence-corrected chi connectivity index (χ1v) is 6.55. The Bertz CT molecular complexity index is 387. The summed E-state index contributed by atoms with van der Waals surface area (Å²) in [4.78, 5) is 2.20. The second-order valence-corrected chi connectivity index (χ2v) is 4.87. The van der Waals surface area contributed by atoms with Crippen LogP contribution in [0.4, 0.5) is 0 Å². The molecule has 0 atom stereocenters. The van der Waals surface area contributed by atoms with Crippen LogP contribution in [0.1, 0.15) is 24.0 Å². The lowest BCUT2D eigenvalue weighted by atomic mass is 10.1. The Labute approximate surface area is 115 Å². The average molecular weight is 264 g/mol. The molecule has 0 fully saturated rings. The van der Waals surface area contributed by atoms with Crippen molar-refractivity contribution in [2.45, 2.75) is 19.4 Å². The summed E-state index contributed by atoms with van der Waals surface area (Å²) in [6.07, 6.45) is 2.39. The molecule has 0 amide bonds. The predicted octanol–water partition coefficient (Wildman–Crippen LogP) is 1.21. The zero-order valence-corrected chi connectivity index (χ0v) is 11.8. The van der Waals surface area contributed by atoms with Gasteiger partial charge in [-0.05, 0) is 45.6 Å². The molecule has 0 saturated carbocycles. The maximum atomic E-state index is 8.57. The summed E-state index contributed by atoms with van der Waals surface area (Å²) in [6.45, 7) is 3.00. The van der Waals surface area contributed by atoms with Crippen LogP contribution in [0.5, 0.6) is 0 Å². The fourth-order valence-corrected chi connectivity index (χ4v) is 1.76. The molecule has 5 nitrogen and oxygen atoms in total. The van der Waals surface area contributed by atoms with E-state index in [1.807, 2.05) is 24.3 Å². The van der Waals surface area contributed by atoms with Crippen molar-refractivity contribution < 1.29 is 5.21 Å². The Balaban J connectivity index is 2.23. The lowest BCUT2D eigenvalue weighted by Gasteiger charge is -2.09. The standard InChI is InChI=1S/C14H24N4O/c1-18(2)10-4-3-9-16-11-12-5-7-13(8-6-12)14(15)17-19/h5-8,16,19H,3-4,9-11H2,1-2H3,(H2,15,17). The van der Waals surface area contributed by atoms with Crippen LogP contribution >= 0.6 is 0 Å². The first-order valence-electron chi connectivity index (χ1n) is 6.55. The molecule has 0 aliphatic rings. The molecule has 4 N–H and O–H groups in total. The van der Waals surface area contributed by atoms with Crippen molar-refractivity contribution in [1.82, 2.24) is 10.2 Å². The Morgan fingerprint density at radius 3 is 2.53 bits per heavy atom. The van der Waals surface area contributed by atoms with E-state index in [0.29, 0.717) is 0 Å². The van der Waals surface area contributed by atoms with Crippen LogP contribution in [0.3, 0.4) is 0 Å². The van der Waals surface area contributed by atoms with E-state index >= 15 is 0 Å². The highest BCUT2D eigenvalue weighted by molar-refractivity contribution is 5.96. The summed E-state index contributed by atoms with van der Waals surface area (Å²) < 4.78 is 0. The lowest BCUT2D eigenvalue weighted by molar-refractivity contribution is 0.318. The summed E-state index contributed by atoms with van der Waals surface area (Å²) in [7, 11) is 4.19. The Kier molecular flexibility index (Phi) is 6.92. The third-order valence-electron chi connectivity index (χ3n) is 2.90. The fraction of sp³-hybridized carbons (Fsp3) is 0.500. The number of benzene rings is 1. The third kappa shape index (κ3) is 6.22. The van der Waals surface area contributed by atoms with E-state index in [-0.39, 0.29) is 5.84 Å². The maximum Gasteiger partial charge on any atom is 0.170 e. The van der Waals surface area contributed by atoms with Gasteiger partial charge in [0, 0.05) is 12.1 Å². The third-order valence-corrected chi connectivity index (χ3v) is 2.90. The number of amidine groups is 1. The summed E-state index contributed by atoms with van der Waals surface area (Å²) in [5.74, 6) is 0.142. The summed E-state index contributed by atoms with van der Waals surface area (Å²) in [6, 6.07) is 7.69. The van der Waals surface area contributed by atoms with Crippen LogP contribution in [0, 0.1) is 0 Å². The zero-order valence-electron chi connectivity index (χ0n) is 11.8. The number of nitrogens with one attached hydrogen (secondary N) is 1. The second kappa shape index (κ2) is 8.50. The topological polar surface area (TPSA) is 73.9 Å². The molecule has 0 radical (unpaired) electrons. The van der Waals surface area contributed by atoms with E-state index < -0.39 is 0 Å². The van der Waals surface area contributed by atoms with Gasteiger partial charge in [0.2, 0.25) is 0 Å². The van der Waals surface area contributed by atoms with Gasteiger partial charge in [-0.3, -0.25) is 0 Å². The normalized spacial score (nSPS) is 12.1. The van der Waals surface area contributed by atoms with Crippen LogP contribution in [0.2, 0.25) is 0 Å². The molecule has 0 saturated heterocycles. The van der Waals surface area contributed by atoms with Gasteiger partial charge >= 0.3 is 0 Å². The number of oxime groups is 1. The number of hydrogen-bond acceptors (Lipinski definition) is 4. The first kappa shape index (κ1) is 15.5. The average Bonchev–Trinajstić information content (AvgIpc) is 2.42. The molecule has 1 aromatic rings. The summed E-state index contributed by atoms with van der Waals surface area (Å²) in [5.41, 5.74) is 7.43. The molecule has 0 aromatic heterocycles. The molecule has 0 heterocycles. The monoisotopic (exact) mass is 264 g/mol. The molecule has 5 heteroatoms. The van der Waals surface area contributed by atoms with Gasteiger partial charge in [0.25, 0.3) is 0 Å². The van der Waals surface area contributed by atoms with Crippen molar-refractivity contribution in [1.29, 1.82) is 0 Å². The molecule has 106 valence electrons. The van der Waals surface area contributed by atoms with Crippen LogP contribution in [0.15, 0.2) is 29.4 Å². The Morgan fingerprint density at radius 2 is 1.95 bits per heavy atom. The Morgan fingerprint density at radius 1 is 1.26 bits per heavy atom. The van der Waals surface area contributed by atoms with Gasteiger partial charge in [-0.1, -0.05) is 29.4 Å². The van der Waals surface area contributed by atoms with Crippen molar-refractivity contribution in [3.05, 3.63) is 35.4 Å². The predicted molar refractivity (Wildman–Crippen MR) is 78.4 cm³/mol. The maximum absolute atomic E-state index is 8.57. The summed E-state index contributed by atoms with van der Waals surface area (Å²) >= 11 is 0. The highest BCUT2D eigenvalue weighted by Gasteiger charge is 1.99. The molecular formula is C14H24N4O. The molecule has 19 heavy (non-hydrogen) atoms. The molecule has 0 unspecified atom stereocenters. The van der Waals surface area contributed by atoms with Crippen molar-refractivity contribution in [2.24, 2.45) is 10.9 Å². The van der Waals surface area contributed by atoms with Gasteiger partial charge in [-0.25, -0.2) is 0 Å². The SMILES string of the molecule is CN(C)CCCCNCc1ccc(C(N)=NO)cc1. The van der Waals surface area contributed by atoms with Gasteiger partial charge in [0.15, 0.2) is 5.84 Å². The van der Waals surface area contributed by atoms with Crippen LogP contribution in [0.25, 0.3) is 0 Å². The smallest absolute Gasteiger partial charge is 0.170 e. The lowest BCUT2D eigenvalue weighted by Crippen LogP contribution is -2.18.